The molecule has 4 atom stereocenters. The van der Waals surface area contributed by atoms with Gasteiger partial charge in [0.15, 0.2) is 0 Å². The molecule has 1 heterocycles. The highest BCUT2D eigenvalue weighted by molar-refractivity contribution is 14.1. The second-order valence-electron chi connectivity index (χ2n) is 4.92. The fourth-order valence-electron chi connectivity index (χ4n) is 2.44. The highest BCUT2D eigenvalue weighted by Crippen LogP contribution is 2.36. The van der Waals surface area contributed by atoms with Crippen molar-refractivity contribution in [1.29, 1.82) is 0 Å². The second-order valence-corrected chi connectivity index (χ2v) is 5.80. The third-order valence-corrected chi connectivity index (χ3v) is 4.44. The van der Waals surface area contributed by atoms with Gasteiger partial charge in [-0.3, -0.25) is 0 Å². The Bertz CT molecular complexity index is 496. The molecule has 1 aliphatic rings. The number of rotatable bonds is 5. The van der Waals surface area contributed by atoms with E-state index in [1.54, 1.807) is 0 Å². The number of halogens is 3. The van der Waals surface area contributed by atoms with Crippen molar-refractivity contribution in [1.82, 2.24) is 0 Å². The summed E-state index contributed by atoms with van der Waals surface area (Å²) in [5.74, 6) is -1.40. The molecule has 0 bridgehead atoms. The van der Waals surface area contributed by atoms with Crippen LogP contribution in [0, 0.1) is 11.6 Å². The molecule has 4 nitrogen and oxygen atoms in total. The van der Waals surface area contributed by atoms with E-state index in [2.05, 4.69) is 22.6 Å². The van der Waals surface area contributed by atoms with Crippen molar-refractivity contribution in [2.24, 2.45) is 0 Å². The molecule has 2 rings (SSSR count). The van der Waals surface area contributed by atoms with Gasteiger partial charge < -0.3 is 19.7 Å². The summed E-state index contributed by atoms with van der Waals surface area (Å²) in [4.78, 5) is 0. The molecule has 1 aromatic carbocycles. The molecule has 118 valence electrons. The summed E-state index contributed by atoms with van der Waals surface area (Å²) < 4.78 is 39.0. The molecule has 2 N–H and O–H groups in total. The number of methoxy groups -OCH3 is 1. The molecule has 7 heteroatoms. The average molecular weight is 414 g/mol. The van der Waals surface area contributed by atoms with Crippen LogP contribution in [0.4, 0.5) is 8.78 Å². The smallest absolute Gasteiger partial charge is 0.131 e. The minimum atomic E-state index is -0.865. The van der Waals surface area contributed by atoms with Crippen molar-refractivity contribution >= 4 is 22.6 Å². The van der Waals surface area contributed by atoms with Crippen LogP contribution in [0.3, 0.4) is 0 Å². The molecule has 0 radical (unpaired) electrons. The lowest BCUT2D eigenvalue weighted by atomic mass is 9.99. The van der Waals surface area contributed by atoms with Crippen LogP contribution in [-0.4, -0.2) is 40.6 Å². The molecular weight excluding hydrogens is 397 g/mol. The number of aliphatic hydroxyl groups excluding tert-OH is 2. The van der Waals surface area contributed by atoms with Gasteiger partial charge in [-0.15, -0.1) is 0 Å². The summed E-state index contributed by atoms with van der Waals surface area (Å²) in [6.45, 7) is -0.345. The Balaban J connectivity index is 2.34. The monoisotopic (exact) mass is 414 g/mol. The van der Waals surface area contributed by atoms with Crippen LogP contribution in [0.15, 0.2) is 12.1 Å². The van der Waals surface area contributed by atoms with Crippen LogP contribution in [-0.2, 0) is 9.47 Å². The van der Waals surface area contributed by atoms with Gasteiger partial charge in [0.25, 0.3) is 0 Å². The van der Waals surface area contributed by atoms with E-state index < -0.39 is 36.1 Å². The fraction of sp³-hybridized carbons (Fsp3) is 0.571. The first kappa shape index (κ1) is 17.0. The molecule has 0 aliphatic carbocycles. The SMILES string of the molecule is COC(CI)c1cc([C@H]2C[C@H](O)[C@@H](CO)O2)c(F)cc1F. The molecule has 1 aromatic rings. The van der Waals surface area contributed by atoms with Gasteiger partial charge in [0.2, 0.25) is 0 Å². The van der Waals surface area contributed by atoms with Gasteiger partial charge in [0.05, 0.1) is 24.9 Å². The third kappa shape index (κ3) is 3.53. The van der Waals surface area contributed by atoms with Crippen LogP contribution in [0.5, 0.6) is 0 Å². The predicted molar refractivity (Wildman–Crippen MR) is 80.3 cm³/mol. The molecular formula is C14H17F2IO4. The van der Waals surface area contributed by atoms with Crippen LogP contribution >= 0.6 is 22.6 Å². The van der Waals surface area contributed by atoms with E-state index in [1.807, 2.05) is 0 Å². The molecule has 0 amide bonds. The normalized spacial score (nSPS) is 27.0. The summed E-state index contributed by atoms with van der Waals surface area (Å²) in [5, 5.41) is 18.8. The maximum absolute atomic E-state index is 14.0. The zero-order valence-corrected chi connectivity index (χ0v) is 13.6. The minimum absolute atomic E-state index is 0.162. The standard InChI is InChI=1S/C14H17F2IO4/c1-20-13(5-17)8-2-7(9(15)3-10(8)16)12-4-11(19)14(6-18)21-12/h2-3,11-14,18-19H,4-6H2,1H3/t11-,12+,13?,14+/m0/s1. The van der Waals surface area contributed by atoms with Crippen molar-refractivity contribution < 1.29 is 28.5 Å². The van der Waals surface area contributed by atoms with Crippen LogP contribution < -0.4 is 0 Å². The van der Waals surface area contributed by atoms with E-state index in [1.165, 1.54) is 13.2 Å². The number of benzene rings is 1. The van der Waals surface area contributed by atoms with E-state index in [-0.39, 0.29) is 24.2 Å². The first-order valence-corrected chi connectivity index (χ1v) is 8.06. The van der Waals surface area contributed by atoms with Crippen molar-refractivity contribution in [2.75, 3.05) is 18.1 Å². The Kier molecular flexibility index (Phi) is 5.89. The number of hydrogen-bond acceptors (Lipinski definition) is 4. The van der Waals surface area contributed by atoms with Gasteiger partial charge in [-0.2, -0.15) is 0 Å². The van der Waals surface area contributed by atoms with Crippen LogP contribution in [0.1, 0.15) is 29.8 Å². The second kappa shape index (κ2) is 7.28. The zero-order chi connectivity index (χ0) is 15.6. The van der Waals surface area contributed by atoms with E-state index >= 15 is 0 Å². The summed E-state index contributed by atoms with van der Waals surface area (Å²) in [5.41, 5.74) is 0.433. The van der Waals surface area contributed by atoms with E-state index in [0.29, 0.717) is 4.43 Å². The fourth-order valence-corrected chi connectivity index (χ4v) is 3.28. The number of hydrogen-bond donors (Lipinski definition) is 2. The lowest BCUT2D eigenvalue weighted by molar-refractivity contribution is -0.0234. The van der Waals surface area contributed by atoms with E-state index in [0.717, 1.165) is 6.07 Å². The van der Waals surface area contributed by atoms with Gasteiger partial charge in [-0.1, -0.05) is 22.6 Å². The Morgan fingerprint density at radius 1 is 1.43 bits per heavy atom. The maximum atomic E-state index is 14.0. The molecule has 1 aliphatic heterocycles. The van der Waals surface area contributed by atoms with Crippen molar-refractivity contribution in [3.8, 4) is 0 Å². The van der Waals surface area contributed by atoms with Gasteiger partial charge in [-0.25, -0.2) is 8.78 Å². The molecule has 21 heavy (non-hydrogen) atoms. The lowest BCUT2D eigenvalue weighted by Gasteiger charge is -2.18. The first-order valence-electron chi connectivity index (χ1n) is 6.53. The first-order chi connectivity index (χ1) is 10.0. The quantitative estimate of drug-likeness (QED) is 0.574. The molecule has 1 fully saturated rings. The lowest BCUT2D eigenvalue weighted by Crippen LogP contribution is -2.24. The highest BCUT2D eigenvalue weighted by Gasteiger charge is 2.36. The maximum Gasteiger partial charge on any atom is 0.131 e. The Morgan fingerprint density at radius 2 is 2.14 bits per heavy atom. The van der Waals surface area contributed by atoms with Crippen LogP contribution in [0.25, 0.3) is 0 Å². The van der Waals surface area contributed by atoms with Crippen molar-refractivity contribution in [2.45, 2.75) is 30.8 Å². The van der Waals surface area contributed by atoms with Gasteiger partial charge in [0.1, 0.15) is 17.7 Å². The summed E-state index contributed by atoms with van der Waals surface area (Å²) >= 11 is 2.06. The van der Waals surface area contributed by atoms with Gasteiger partial charge in [0, 0.05) is 35.2 Å². The predicted octanol–water partition coefficient (Wildman–Crippen LogP) is 2.27. The molecule has 0 spiro atoms. The van der Waals surface area contributed by atoms with Crippen molar-refractivity contribution in [3.63, 3.8) is 0 Å². The summed E-state index contributed by atoms with van der Waals surface area (Å²) in [6, 6.07) is 2.19. The number of alkyl halides is 1. The van der Waals surface area contributed by atoms with E-state index in [4.69, 9.17) is 14.6 Å². The summed E-state index contributed by atoms with van der Waals surface area (Å²) in [7, 11) is 1.46. The molecule has 0 saturated carbocycles. The van der Waals surface area contributed by atoms with E-state index in [9.17, 15) is 13.9 Å². The van der Waals surface area contributed by atoms with Gasteiger partial charge >= 0.3 is 0 Å². The zero-order valence-electron chi connectivity index (χ0n) is 11.4. The largest absolute Gasteiger partial charge is 0.394 e. The highest BCUT2D eigenvalue weighted by atomic mass is 127. The number of ether oxygens (including phenoxy) is 2. The number of aliphatic hydroxyl groups is 2. The van der Waals surface area contributed by atoms with Crippen molar-refractivity contribution in [3.05, 3.63) is 34.9 Å². The molecule has 1 unspecified atom stereocenters. The topological polar surface area (TPSA) is 58.9 Å². The summed E-state index contributed by atoms with van der Waals surface area (Å²) in [6.07, 6.45) is -2.63. The third-order valence-electron chi connectivity index (χ3n) is 3.64. The van der Waals surface area contributed by atoms with Crippen LogP contribution in [0.2, 0.25) is 0 Å². The Morgan fingerprint density at radius 3 is 2.67 bits per heavy atom. The Hall–Kier alpha value is -0.350. The molecule has 0 aromatic heterocycles. The Labute approximate surface area is 135 Å². The van der Waals surface area contributed by atoms with Gasteiger partial charge in [-0.05, 0) is 6.07 Å². The minimum Gasteiger partial charge on any atom is -0.394 e. The average Bonchev–Trinajstić information content (AvgIpc) is 2.83. The molecule has 1 saturated heterocycles.